The van der Waals surface area contributed by atoms with E-state index >= 15 is 0 Å². The van der Waals surface area contributed by atoms with Gasteiger partial charge in [-0.2, -0.15) is 0 Å². The van der Waals surface area contributed by atoms with Gasteiger partial charge in [0.25, 0.3) is 0 Å². The lowest BCUT2D eigenvalue weighted by molar-refractivity contribution is 1.11. The summed E-state index contributed by atoms with van der Waals surface area (Å²) in [5.41, 5.74) is 6.53. The standard InChI is InChI=1S/C16H18N2O/c1-11-12(2)16(18(3)4)10-9-15(11)13-5-7-14(17-19)8-6-13/h5-10H,1-4H3. The zero-order valence-corrected chi connectivity index (χ0v) is 11.8. The Bertz CT molecular complexity index is 601. The van der Waals surface area contributed by atoms with Crippen molar-refractivity contribution < 1.29 is 0 Å². The van der Waals surface area contributed by atoms with Gasteiger partial charge in [0.1, 0.15) is 5.69 Å². The Morgan fingerprint density at radius 1 is 0.895 bits per heavy atom. The summed E-state index contributed by atoms with van der Waals surface area (Å²) in [7, 11) is 4.10. The van der Waals surface area contributed by atoms with Crippen molar-refractivity contribution in [2.75, 3.05) is 19.0 Å². The number of nitroso groups, excluding NO2 is 1. The minimum Gasteiger partial charge on any atom is -0.377 e. The van der Waals surface area contributed by atoms with Crippen LogP contribution in [0.25, 0.3) is 11.1 Å². The number of rotatable bonds is 3. The Hall–Kier alpha value is -2.16. The van der Waals surface area contributed by atoms with Crippen molar-refractivity contribution >= 4 is 11.4 Å². The quantitative estimate of drug-likeness (QED) is 0.759. The third kappa shape index (κ3) is 2.50. The number of anilines is 1. The minimum absolute atomic E-state index is 0.461. The predicted molar refractivity (Wildman–Crippen MR) is 81.1 cm³/mol. The average Bonchev–Trinajstić information content (AvgIpc) is 2.41. The summed E-state index contributed by atoms with van der Waals surface area (Å²) < 4.78 is 0. The molecule has 0 bridgehead atoms. The number of hydrogen-bond acceptors (Lipinski definition) is 3. The molecule has 0 aliphatic rings. The van der Waals surface area contributed by atoms with Crippen LogP contribution in [0.1, 0.15) is 11.1 Å². The predicted octanol–water partition coefficient (Wildman–Crippen LogP) is 4.43. The molecule has 0 aromatic heterocycles. The van der Waals surface area contributed by atoms with E-state index in [4.69, 9.17) is 0 Å². The SMILES string of the molecule is Cc1c(-c2ccc(N=O)cc2)ccc(N(C)C)c1C. The van der Waals surface area contributed by atoms with Crippen LogP contribution in [0.15, 0.2) is 41.6 Å². The first-order chi connectivity index (χ1) is 9.04. The zero-order valence-electron chi connectivity index (χ0n) is 11.8. The summed E-state index contributed by atoms with van der Waals surface area (Å²) in [6.45, 7) is 4.26. The Kier molecular flexibility index (Phi) is 3.65. The van der Waals surface area contributed by atoms with Gasteiger partial charge in [-0.25, -0.2) is 0 Å². The average molecular weight is 254 g/mol. The van der Waals surface area contributed by atoms with Crippen molar-refractivity contribution in [1.29, 1.82) is 0 Å². The first-order valence-corrected chi connectivity index (χ1v) is 6.26. The van der Waals surface area contributed by atoms with E-state index < -0.39 is 0 Å². The highest BCUT2D eigenvalue weighted by Gasteiger charge is 2.09. The first kappa shape index (κ1) is 13.3. The van der Waals surface area contributed by atoms with Crippen LogP contribution >= 0.6 is 0 Å². The monoisotopic (exact) mass is 254 g/mol. The second kappa shape index (κ2) is 5.22. The Labute approximate surface area is 113 Å². The highest BCUT2D eigenvalue weighted by atomic mass is 16.3. The molecule has 2 rings (SSSR count). The maximum Gasteiger partial charge on any atom is 0.108 e. The van der Waals surface area contributed by atoms with Crippen LogP contribution in [0.3, 0.4) is 0 Å². The molecule has 0 N–H and O–H groups in total. The molecule has 0 aliphatic heterocycles. The van der Waals surface area contributed by atoms with Crippen molar-refractivity contribution in [3.8, 4) is 11.1 Å². The maximum absolute atomic E-state index is 10.4. The van der Waals surface area contributed by atoms with Gasteiger partial charge in [-0.05, 0) is 59.5 Å². The van der Waals surface area contributed by atoms with E-state index in [9.17, 15) is 4.91 Å². The van der Waals surface area contributed by atoms with Crippen LogP contribution in [-0.2, 0) is 0 Å². The summed E-state index contributed by atoms with van der Waals surface area (Å²) >= 11 is 0. The Morgan fingerprint density at radius 2 is 1.53 bits per heavy atom. The van der Waals surface area contributed by atoms with Crippen LogP contribution < -0.4 is 4.90 Å². The van der Waals surface area contributed by atoms with Crippen LogP contribution in [0, 0.1) is 18.8 Å². The van der Waals surface area contributed by atoms with Crippen molar-refractivity contribution in [2.45, 2.75) is 13.8 Å². The first-order valence-electron chi connectivity index (χ1n) is 6.26. The molecule has 3 nitrogen and oxygen atoms in total. The molecule has 0 fully saturated rings. The molecule has 0 saturated carbocycles. The topological polar surface area (TPSA) is 32.7 Å². The molecule has 2 aromatic rings. The van der Waals surface area contributed by atoms with Crippen molar-refractivity contribution in [1.82, 2.24) is 0 Å². The molecule has 0 unspecified atom stereocenters. The van der Waals surface area contributed by atoms with Gasteiger partial charge in [-0.1, -0.05) is 18.2 Å². The summed E-state index contributed by atoms with van der Waals surface area (Å²) in [4.78, 5) is 12.6. The largest absolute Gasteiger partial charge is 0.377 e. The summed E-state index contributed by atoms with van der Waals surface area (Å²) in [5.74, 6) is 0. The third-order valence-corrected chi connectivity index (χ3v) is 3.52. The van der Waals surface area contributed by atoms with Crippen molar-refractivity contribution in [2.24, 2.45) is 5.18 Å². The number of benzene rings is 2. The summed E-state index contributed by atoms with van der Waals surface area (Å²) in [6.07, 6.45) is 0. The normalized spacial score (nSPS) is 10.3. The van der Waals surface area contributed by atoms with Crippen LogP contribution in [0.5, 0.6) is 0 Å². The van der Waals surface area contributed by atoms with Gasteiger partial charge in [0.2, 0.25) is 0 Å². The Morgan fingerprint density at radius 3 is 2.05 bits per heavy atom. The van der Waals surface area contributed by atoms with E-state index in [0.29, 0.717) is 5.69 Å². The van der Waals surface area contributed by atoms with Gasteiger partial charge < -0.3 is 4.90 Å². The van der Waals surface area contributed by atoms with E-state index in [1.54, 1.807) is 12.1 Å². The lowest BCUT2D eigenvalue weighted by Crippen LogP contribution is -2.11. The second-order valence-corrected chi connectivity index (χ2v) is 4.91. The molecule has 0 saturated heterocycles. The fourth-order valence-corrected chi connectivity index (χ4v) is 2.31. The number of nitrogens with zero attached hydrogens (tertiary/aromatic N) is 2. The van der Waals surface area contributed by atoms with Gasteiger partial charge in [0.15, 0.2) is 0 Å². The van der Waals surface area contributed by atoms with Gasteiger partial charge in [0.05, 0.1) is 0 Å². The summed E-state index contributed by atoms with van der Waals surface area (Å²) in [6, 6.07) is 11.6. The molecule has 98 valence electrons. The van der Waals surface area contributed by atoms with Gasteiger partial charge in [-0.3, -0.25) is 0 Å². The van der Waals surface area contributed by atoms with E-state index in [1.807, 2.05) is 26.2 Å². The van der Waals surface area contributed by atoms with E-state index in [2.05, 4.69) is 36.1 Å². The van der Waals surface area contributed by atoms with Crippen molar-refractivity contribution in [3.05, 3.63) is 52.4 Å². The highest BCUT2D eigenvalue weighted by molar-refractivity contribution is 5.74. The van der Waals surface area contributed by atoms with E-state index in [-0.39, 0.29) is 0 Å². The fraction of sp³-hybridized carbons (Fsp3) is 0.250. The molecular formula is C16H18N2O. The van der Waals surface area contributed by atoms with E-state index in [0.717, 1.165) is 5.56 Å². The molecule has 0 aliphatic carbocycles. The molecular weight excluding hydrogens is 236 g/mol. The van der Waals surface area contributed by atoms with Gasteiger partial charge in [0, 0.05) is 19.8 Å². The smallest absolute Gasteiger partial charge is 0.108 e. The van der Waals surface area contributed by atoms with Crippen LogP contribution in [0.4, 0.5) is 11.4 Å². The molecule has 0 amide bonds. The molecule has 0 heterocycles. The second-order valence-electron chi connectivity index (χ2n) is 4.91. The third-order valence-electron chi connectivity index (χ3n) is 3.52. The zero-order chi connectivity index (χ0) is 14.0. The molecule has 3 heteroatoms. The summed E-state index contributed by atoms with van der Waals surface area (Å²) in [5, 5.41) is 2.93. The fourth-order valence-electron chi connectivity index (χ4n) is 2.31. The lowest BCUT2D eigenvalue weighted by Gasteiger charge is -2.19. The molecule has 0 spiro atoms. The molecule has 0 atom stereocenters. The lowest BCUT2D eigenvalue weighted by atomic mass is 9.95. The highest BCUT2D eigenvalue weighted by Crippen LogP contribution is 2.31. The van der Waals surface area contributed by atoms with Crippen LogP contribution in [0.2, 0.25) is 0 Å². The van der Waals surface area contributed by atoms with Crippen molar-refractivity contribution in [3.63, 3.8) is 0 Å². The molecule has 2 aromatic carbocycles. The Balaban J connectivity index is 2.50. The minimum atomic E-state index is 0.461. The maximum atomic E-state index is 10.4. The molecule has 0 radical (unpaired) electrons. The van der Waals surface area contributed by atoms with E-state index in [1.165, 1.54) is 22.4 Å². The van der Waals surface area contributed by atoms with Gasteiger partial charge in [-0.15, -0.1) is 4.91 Å². The van der Waals surface area contributed by atoms with Crippen LogP contribution in [-0.4, -0.2) is 14.1 Å². The van der Waals surface area contributed by atoms with Gasteiger partial charge >= 0.3 is 0 Å². The molecule has 19 heavy (non-hydrogen) atoms. The number of hydrogen-bond donors (Lipinski definition) is 0.